The third-order valence-corrected chi connectivity index (χ3v) is 8.02. The Labute approximate surface area is 186 Å². The van der Waals surface area contributed by atoms with Gasteiger partial charge in [0.15, 0.2) is 0 Å². The Hall–Kier alpha value is -1.85. The van der Waals surface area contributed by atoms with Crippen molar-refractivity contribution in [1.29, 1.82) is 0 Å². The van der Waals surface area contributed by atoms with E-state index in [4.69, 9.17) is 16.6 Å². The van der Waals surface area contributed by atoms with Crippen molar-refractivity contribution in [2.45, 2.75) is 42.7 Å². The lowest BCUT2D eigenvalue weighted by molar-refractivity contribution is -0.145. The molecule has 2 aliphatic carbocycles. The number of para-hydroxylation sites is 1. The summed E-state index contributed by atoms with van der Waals surface area (Å²) in [5, 5.41) is 24.2. The van der Waals surface area contributed by atoms with E-state index in [0.717, 1.165) is 47.1 Å². The molecule has 156 valence electrons. The number of rotatable bonds is 0. The maximum absolute atomic E-state index is 12.3. The highest BCUT2D eigenvalue weighted by atomic mass is 35.5. The van der Waals surface area contributed by atoms with E-state index in [1.54, 1.807) is 6.07 Å². The molecular formula is C24H24Cl2N2O2. The lowest BCUT2D eigenvalue weighted by atomic mass is 9.49. The topological polar surface area (TPSA) is 56.6 Å². The average Bonchev–Trinajstić information content (AvgIpc) is 2.69. The fraction of sp³-hybridized carbons (Fsp3) is 0.375. The molecule has 2 N–H and O–H groups in total. The fourth-order valence-corrected chi connectivity index (χ4v) is 6.49. The van der Waals surface area contributed by atoms with Gasteiger partial charge in [0.1, 0.15) is 5.75 Å². The van der Waals surface area contributed by atoms with E-state index in [9.17, 15) is 10.2 Å². The largest absolute Gasteiger partial charge is 0.508 e. The van der Waals surface area contributed by atoms with E-state index >= 15 is 0 Å². The highest BCUT2D eigenvalue weighted by Gasteiger charge is 2.64. The van der Waals surface area contributed by atoms with Crippen molar-refractivity contribution in [2.24, 2.45) is 0 Å². The van der Waals surface area contributed by atoms with Crippen molar-refractivity contribution in [3.63, 3.8) is 0 Å². The van der Waals surface area contributed by atoms with Gasteiger partial charge in [-0.2, -0.15) is 0 Å². The number of piperidine rings is 1. The molecule has 3 aliphatic rings. The summed E-state index contributed by atoms with van der Waals surface area (Å²) in [6.07, 6.45) is 2.88. The molecule has 2 heterocycles. The van der Waals surface area contributed by atoms with Gasteiger partial charge < -0.3 is 15.1 Å². The van der Waals surface area contributed by atoms with Crippen molar-refractivity contribution in [3.05, 3.63) is 69.9 Å². The van der Waals surface area contributed by atoms with E-state index in [1.165, 1.54) is 5.56 Å². The Kier molecular flexibility index (Phi) is 4.40. The van der Waals surface area contributed by atoms with Crippen LogP contribution < -0.4 is 0 Å². The first-order valence-electron chi connectivity index (χ1n) is 10.2. The summed E-state index contributed by atoms with van der Waals surface area (Å²) >= 11 is 6.44. The molecule has 0 saturated carbocycles. The lowest BCUT2D eigenvalue weighted by Crippen LogP contribution is -2.73. The van der Waals surface area contributed by atoms with Crippen LogP contribution in [0.1, 0.15) is 28.8 Å². The summed E-state index contributed by atoms with van der Waals surface area (Å²) in [7, 11) is 2.12. The number of nitrogens with zero attached hydrogens (tertiary/aromatic N) is 2. The van der Waals surface area contributed by atoms with Crippen molar-refractivity contribution in [3.8, 4) is 5.75 Å². The third-order valence-electron chi connectivity index (χ3n) is 7.72. The number of aromatic hydroxyl groups is 1. The minimum absolute atomic E-state index is 0. The molecule has 3 atom stereocenters. The SMILES string of the molecule is CN1CC[C@]23Cc4nc5c(Cl)cccc5cc4C[C@@]2(O)[C@H]1Cc1ccc(O)cc13.Cl. The Morgan fingerprint density at radius 3 is 2.80 bits per heavy atom. The second-order valence-electron chi connectivity index (χ2n) is 9.06. The number of aromatic nitrogens is 1. The van der Waals surface area contributed by atoms with Crippen molar-refractivity contribution in [2.75, 3.05) is 13.6 Å². The van der Waals surface area contributed by atoms with Gasteiger partial charge in [-0.3, -0.25) is 4.98 Å². The van der Waals surface area contributed by atoms with E-state index in [2.05, 4.69) is 18.0 Å². The average molecular weight is 443 g/mol. The van der Waals surface area contributed by atoms with Gasteiger partial charge in [0, 0.05) is 35.4 Å². The first kappa shape index (κ1) is 20.1. The van der Waals surface area contributed by atoms with Crippen LogP contribution in [0.25, 0.3) is 10.9 Å². The molecule has 2 bridgehead atoms. The van der Waals surface area contributed by atoms with E-state index in [-0.39, 0.29) is 24.2 Å². The number of hydrogen-bond acceptors (Lipinski definition) is 4. The molecule has 6 rings (SSSR count). The molecule has 2 aromatic carbocycles. The highest BCUT2D eigenvalue weighted by Crippen LogP contribution is 2.57. The summed E-state index contributed by atoms with van der Waals surface area (Å²) in [6, 6.07) is 13.7. The predicted octanol–water partition coefficient (Wildman–Crippen LogP) is 4.04. The van der Waals surface area contributed by atoms with Crippen LogP contribution in [0.15, 0.2) is 42.5 Å². The number of phenols is 1. The van der Waals surface area contributed by atoms with Crippen molar-refractivity contribution in [1.82, 2.24) is 9.88 Å². The first-order valence-corrected chi connectivity index (χ1v) is 10.6. The smallest absolute Gasteiger partial charge is 0.115 e. The quantitative estimate of drug-likeness (QED) is 0.551. The summed E-state index contributed by atoms with van der Waals surface area (Å²) in [5.74, 6) is 0.262. The van der Waals surface area contributed by atoms with Gasteiger partial charge >= 0.3 is 0 Å². The van der Waals surface area contributed by atoms with Crippen LogP contribution in [0.3, 0.4) is 0 Å². The second kappa shape index (κ2) is 6.57. The molecule has 1 aromatic heterocycles. The monoisotopic (exact) mass is 442 g/mol. The normalized spacial score (nSPS) is 29.5. The van der Waals surface area contributed by atoms with Crippen molar-refractivity contribution >= 4 is 34.9 Å². The Morgan fingerprint density at radius 1 is 1.13 bits per heavy atom. The molecule has 30 heavy (non-hydrogen) atoms. The van der Waals surface area contributed by atoms with Crippen LogP contribution >= 0.6 is 24.0 Å². The van der Waals surface area contributed by atoms with E-state index in [1.807, 2.05) is 30.3 Å². The number of hydrogen-bond donors (Lipinski definition) is 2. The number of likely N-dealkylation sites (tertiary alicyclic amines) is 1. The molecule has 0 unspecified atom stereocenters. The van der Waals surface area contributed by atoms with Gasteiger partial charge in [-0.15, -0.1) is 12.4 Å². The Morgan fingerprint density at radius 2 is 1.97 bits per heavy atom. The van der Waals surface area contributed by atoms with E-state index < -0.39 is 11.0 Å². The van der Waals surface area contributed by atoms with Gasteiger partial charge in [0.05, 0.1) is 16.1 Å². The third kappa shape index (κ3) is 2.45. The van der Waals surface area contributed by atoms with Crippen LogP contribution in [0, 0.1) is 0 Å². The maximum atomic E-state index is 12.3. The van der Waals surface area contributed by atoms with Crippen LogP contribution in [-0.2, 0) is 24.7 Å². The van der Waals surface area contributed by atoms with Crippen LogP contribution in [0.5, 0.6) is 5.75 Å². The number of aliphatic hydroxyl groups is 1. The van der Waals surface area contributed by atoms with Crippen LogP contribution in [0.4, 0.5) is 0 Å². The highest BCUT2D eigenvalue weighted by molar-refractivity contribution is 6.35. The summed E-state index contributed by atoms with van der Waals surface area (Å²) < 4.78 is 0. The first-order chi connectivity index (χ1) is 13.9. The maximum Gasteiger partial charge on any atom is 0.115 e. The second-order valence-corrected chi connectivity index (χ2v) is 9.46. The summed E-state index contributed by atoms with van der Waals surface area (Å²) in [5.41, 5.74) is 3.96. The predicted molar refractivity (Wildman–Crippen MR) is 121 cm³/mol. The van der Waals surface area contributed by atoms with Gasteiger partial charge in [-0.1, -0.05) is 29.8 Å². The molecule has 1 fully saturated rings. The molecule has 0 spiro atoms. The fourth-order valence-electron chi connectivity index (χ4n) is 6.26. The minimum Gasteiger partial charge on any atom is -0.508 e. The summed E-state index contributed by atoms with van der Waals surface area (Å²) in [4.78, 5) is 7.28. The van der Waals surface area contributed by atoms with Gasteiger partial charge in [0.2, 0.25) is 0 Å². The molecule has 0 amide bonds. The molecule has 6 heteroatoms. The Bertz CT molecular complexity index is 1180. The molecular weight excluding hydrogens is 419 g/mol. The molecule has 1 saturated heterocycles. The number of fused-ring (bicyclic) bond motifs is 3. The zero-order valence-corrected chi connectivity index (χ0v) is 18.3. The minimum atomic E-state index is -0.887. The Balaban J connectivity index is 0.00000193. The molecule has 3 aromatic rings. The number of pyridine rings is 1. The zero-order valence-electron chi connectivity index (χ0n) is 16.7. The van der Waals surface area contributed by atoms with Crippen molar-refractivity contribution < 1.29 is 10.2 Å². The van der Waals surface area contributed by atoms with Gasteiger partial charge in [-0.25, -0.2) is 0 Å². The van der Waals surface area contributed by atoms with Crippen LogP contribution in [-0.4, -0.2) is 45.3 Å². The van der Waals surface area contributed by atoms with E-state index in [0.29, 0.717) is 17.9 Å². The summed E-state index contributed by atoms with van der Waals surface area (Å²) in [6.45, 7) is 0.922. The zero-order chi connectivity index (χ0) is 20.0. The molecule has 0 radical (unpaired) electrons. The van der Waals surface area contributed by atoms with Gasteiger partial charge in [-0.05, 0) is 67.4 Å². The molecule has 1 aliphatic heterocycles. The number of likely N-dealkylation sites (N-methyl/N-ethyl adjacent to an activating group) is 1. The number of benzene rings is 2. The lowest BCUT2D eigenvalue weighted by Gasteiger charge is -2.63. The standard InChI is InChI=1S/C24H23ClN2O2.ClH/c1-27-8-7-23-13-20-16(9-15-3-2-4-19(25)22(15)26-20)12-24(23,29)21(27)10-14-5-6-17(28)11-18(14)23;/h2-6,9,11,21,28-29H,7-8,10,12-13H2,1H3;1H/t21-,23-,24-;/m1./s1. The number of halogens is 2. The number of phenolic OH excluding ortho intramolecular Hbond substituents is 1. The molecule has 4 nitrogen and oxygen atoms in total. The van der Waals surface area contributed by atoms with Crippen LogP contribution in [0.2, 0.25) is 5.02 Å². The van der Waals surface area contributed by atoms with Gasteiger partial charge in [0.25, 0.3) is 0 Å².